The van der Waals surface area contributed by atoms with Gasteiger partial charge in [0.15, 0.2) is 0 Å². The first kappa shape index (κ1) is 15.6. The number of benzene rings is 1. The first-order valence-corrected chi connectivity index (χ1v) is 9.89. The highest BCUT2D eigenvalue weighted by Gasteiger charge is 2.61. The van der Waals surface area contributed by atoms with E-state index in [2.05, 4.69) is 18.6 Å². The molecule has 1 aromatic rings. The van der Waals surface area contributed by atoms with Gasteiger partial charge in [-0.3, -0.25) is 0 Å². The van der Waals surface area contributed by atoms with E-state index in [0.29, 0.717) is 5.92 Å². The van der Waals surface area contributed by atoms with Gasteiger partial charge in [-0.05, 0) is 79.5 Å². The van der Waals surface area contributed by atoms with Crippen molar-refractivity contribution in [3.63, 3.8) is 0 Å². The predicted octanol–water partition coefficient (Wildman–Crippen LogP) is 3.85. The zero-order chi connectivity index (χ0) is 16.5. The van der Waals surface area contributed by atoms with Crippen LogP contribution in [0.3, 0.4) is 0 Å². The van der Waals surface area contributed by atoms with Crippen LogP contribution in [0, 0.1) is 22.6 Å². The van der Waals surface area contributed by atoms with E-state index in [1.165, 1.54) is 43.5 Å². The molecule has 0 aliphatic heterocycles. The molecule has 0 saturated heterocycles. The largest absolute Gasteiger partial charge is 0.241 e. The zero-order valence-corrected chi connectivity index (χ0v) is 14.5. The van der Waals surface area contributed by atoms with Crippen molar-refractivity contribution in [3.8, 4) is 0 Å². The lowest BCUT2D eigenvalue weighted by Crippen LogP contribution is -2.65. The second-order valence-corrected chi connectivity index (χ2v) is 10.7. The van der Waals surface area contributed by atoms with Gasteiger partial charge in [0.25, 0.3) is 0 Å². The minimum Gasteiger partial charge on any atom is -0.207 e. The van der Waals surface area contributed by atoms with E-state index in [1.807, 2.05) is 0 Å². The van der Waals surface area contributed by atoms with E-state index in [0.717, 1.165) is 19.3 Å². The van der Waals surface area contributed by atoms with E-state index < -0.39 is 15.8 Å². The van der Waals surface area contributed by atoms with Crippen LogP contribution in [0.4, 0.5) is 4.39 Å². The van der Waals surface area contributed by atoms with Crippen molar-refractivity contribution in [2.75, 3.05) is 0 Å². The van der Waals surface area contributed by atoms with E-state index >= 15 is 0 Å². The Labute approximate surface area is 137 Å². The fourth-order valence-corrected chi connectivity index (χ4v) is 7.93. The summed E-state index contributed by atoms with van der Waals surface area (Å²) in [5.74, 6) is 0.205. The Morgan fingerprint density at radius 3 is 2.09 bits per heavy atom. The van der Waals surface area contributed by atoms with Crippen molar-refractivity contribution >= 4 is 10.0 Å². The molecule has 0 radical (unpaired) electrons. The van der Waals surface area contributed by atoms with Gasteiger partial charge in [-0.15, -0.1) is 0 Å². The summed E-state index contributed by atoms with van der Waals surface area (Å²) >= 11 is 0. The Morgan fingerprint density at radius 2 is 1.57 bits per heavy atom. The van der Waals surface area contributed by atoms with Gasteiger partial charge in [-0.25, -0.2) is 17.5 Å². The second-order valence-electron chi connectivity index (χ2n) is 8.97. The SMILES string of the molecule is C[C@]12CC3CC(NS(=O)(=O)c4ccc(F)cc4)(C1)C[C@@](C)(C3)C2. The number of nitrogens with one attached hydrogen (secondary N) is 1. The molecule has 0 heterocycles. The quantitative estimate of drug-likeness (QED) is 0.910. The van der Waals surface area contributed by atoms with Crippen molar-refractivity contribution in [3.05, 3.63) is 30.1 Å². The smallest absolute Gasteiger partial charge is 0.207 e. The predicted molar refractivity (Wildman–Crippen MR) is 86.9 cm³/mol. The molecule has 4 aliphatic rings. The summed E-state index contributed by atoms with van der Waals surface area (Å²) in [6, 6.07) is 5.11. The summed E-state index contributed by atoms with van der Waals surface area (Å²) in [6.07, 6.45) is 6.44. The second kappa shape index (κ2) is 4.57. The van der Waals surface area contributed by atoms with Crippen molar-refractivity contribution in [1.82, 2.24) is 4.72 Å². The third kappa shape index (κ3) is 2.62. The molecule has 1 N–H and O–H groups in total. The Kier molecular flexibility index (Phi) is 3.10. The van der Waals surface area contributed by atoms with E-state index in [1.54, 1.807) is 0 Å². The molecule has 1 aromatic carbocycles. The van der Waals surface area contributed by atoms with Crippen molar-refractivity contribution in [2.24, 2.45) is 16.7 Å². The molecule has 4 aliphatic carbocycles. The van der Waals surface area contributed by atoms with Crippen molar-refractivity contribution in [2.45, 2.75) is 62.8 Å². The van der Waals surface area contributed by atoms with Gasteiger partial charge in [-0.2, -0.15) is 0 Å². The number of hydrogen-bond acceptors (Lipinski definition) is 2. The molecular formula is C18H24FNO2S. The minimum absolute atomic E-state index is 0.157. The molecule has 4 fully saturated rings. The fraction of sp³-hybridized carbons (Fsp3) is 0.667. The summed E-state index contributed by atoms with van der Waals surface area (Å²) < 4.78 is 41.7. The molecule has 4 bridgehead atoms. The average molecular weight is 337 g/mol. The van der Waals surface area contributed by atoms with Crippen LogP contribution in [-0.2, 0) is 10.0 Å². The highest BCUT2D eigenvalue weighted by atomic mass is 32.2. The van der Waals surface area contributed by atoms with Crippen LogP contribution >= 0.6 is 0 Å². The van der Waals surface area contributed by atoms with Crippen LogP contribution in [0.15, 0.2) is 29.2 Å². The Morgan fingerprint density at radius 1 is 1.00 bits per heavy atom. The van der Waals surface area contributed by atoms with Crippen molar-refractivity contribution < 1.29 is 12.8 Å². The number of sulfonamides is 1. The van der Waals surface area contributed by atoms with Crippen LogP contribution in [0.1, 0.15) is 52.4 Å². The molecule has 0 amide bonds. The van der Waals surface area contributed by atoms with Crippen LogP contribution in [0.5, 0.6) is 0 Å². The molecule has 0 spiro atoms. The summed E-state index contributed by atoms with van der Waals surface area (Å²) in [7, 11) is -3.61. The lowest BCUT2D eigenvalue weighted by Gasteiger charge is -2.65. The third-order valence-corrected chi connectivity index (χ3v) is 7.70. The van der Waals surface area contributed by atoms with Gasteiger partial charge in [0.05, 0.1) is 4.90 Å². The van der Waals surface area contributed by atoms with Gasteiger partial charge < -0.3 is 0 Å². The molecule has 5 rings (SSSR count). The number of hydrogen-bond donors (Lipinski definition) is 1. The summed E-state index contributed by atoms with van der Waals surface area (Å²) in [4.78, 5) is 0.157. The molecule has 3 nitrogen and oxygen atoms in total. The topological polar surface area (TPSA) is 46.2 Å². The maximum atomic E-state index is 13.1. The van der Waals surface area contributed by atoms with Gasteiger partial charge in [0.1, 0.15) is 5.82 Å². The zero-order valence-electron chi connectivity index (χ0n) is 13.7. The third-order valence-electron chi connectivity index (χ3n) is 6.10. The first-order valence-electron chi connectivity index (χ1n) is 8.41. The maximum absolute atomic E-state index is 13.1. The van der Waals surface area contributed by atoms with Gasteiger partial charge in [0.2, 0.25) is 10.0 Å². The highest BCUT2D eigenvalue weighted by molar-refractivity contribution is 7.89. The van der Waals surface area contributed by atoms with Gasteiger partial charge in [0, 0.05) is 5.54 Å². The van der Waals surface area contributed by atoms with Crippen LogP contribution < -0.4 is 4.72 Å². The molecular weight excluding hydrogens is 313 g/mol. The number of rotatable bonds is 3. The summed E-state index contributed by atoms with van der Waals surface area (Å²) in [6.45, 7) is 4.63. The first-order chi connectivity index (χ1) is 10.6. The highest BCUT2D eigenvalue weighted by Crippen LogP contribution is 2.66. The fourth-order valence-electron chi connectivity index (χ4n) is 6.52. The molecule has 0 aromatic heterocycles. The van der Waals surface area contributed by atoms with Crippen LogP contribution in [-0.4, -0.2) is 14.0 Å². The molecule has 4 saturated carbocycles. The molecule has 23 heavy (non-hydrogen) atoms. The Bertz CT molecular complexity index is 725. The summed E-state index contributed by atoms with van der Waals surface area (Å²) in [5, 5.41) is 0. The number of halogens is 1. The van der Waals surface area contributed by atoms with E-state index in [9.17, 15) is 12.8 Å². The molecule has 4 atom stereocenters. The molecule has 126 valence electrons. The van der Waals surface area contributed by atoms with Crippen LogP contribution in [0.2, 0.25) is 0 Å². The van der Waals surface area contributed by atoms with Crippen LogP contribution in [0.25, 0.3) is 0 Å². The van der Waals surface area contributed by atoms with Gasteiger partial charge in [-0.1, -0.05) is 13.8 Å². The standard InChI is InChI=1S/C18H24FNO2S/c1-16-7-13-8-17(2,10-16)12-18(9-13,11-16)20-23(21,22)15-5-3-14(19)4-6-15/h3-6,13,20H,7-12H2,1-2H3/t13?,16-,17+,18?. The average Bonchev–Trinajstić information content (AvgIpc) is 2.33. The van der Waals surface area contributed by atoms with E-state index in [-0.39, 0.29) is 21.3 Å². The molecule has 2 unspecified atom stereocenters. The normalized spacial score (nSPS) is 42.1. The Hall–Kier alpha value is -0.940. The Balaban J connectivity index is 1.67. The summed E-state index contributed by atoms with van der Waals surface area (Å²) in [5.41, 5.74) is 0.176. The maximum Gasteiger partial charge on any atom is 0.241 e. The van der Waals surface area contributed by atoms with Gasteiger partial charge >= 0.3 is 0 Å². The van der Waals surface area contributed by atoms with E-state index in [4.69, 9.17) is 0 Å². The lowest BCUT2D eigenvalue weighted by atomic mass is 9.43. The minimum atomic E-state index is -3.61. The molecule has 5 heteroatoms. The monoisotopic (exact) mass is 337 g/mol. The lowest BCUT2D eigenvalue weighted by molar-refractivity contribution is -0.110. The van der Waals surface area contributed by atoms with Crippen molar-refractivity contribution in [1.29, 1.82) is 0 Å².